The number of rotatable bonds is 4. The number of nitro benzene ring substituents is 1. The molecule has 1 aromatic rings. The highest BCUT2D eigenvalue weighted by Crippen LogP contribution is 2.28. The average molecular weight is 281 g/mol. The van der Waals surface area contributed by atoms with Gasteiger partial charge in [-0.3, -0.25) is 10.1 Å². The van der Waals surface area contributed by atoms with Crippen molar-refractivity contribution in [2.45, 2.75) is 25.8 Å². The van der Waals surface area contributed by atoms with Gasteiger partial charge in [0.05, 0.1) is 11.0 Å². The van der Waals surface area contributed by atoms with Crippen LogP contribution in [0.4, 0.5) is 15.8 Å². The molecule has 2 rings (SSSR count). The molecule has 0 bridgehead atoms. The lowest BCUT2D eigenvalue weighted by atomic mass is 9.90. The summed E-state index contributed by atoms with van der Waals surface area (Å²) in [6.07, 6.45) is 2.14. The average Bonchev–Trinajstić information content (AvgIpc) is 2.41. The van der Waals surface area contributed by atoms with E-state index in [0.717, 1.165) is 32.0 Å². The number of benzene rings is 1. The van der Waals surface area contributed by atoms with E-state index in [1.165, 1.54) is 12.1 Å². The Morgan fingerprint density at radius 1 is 1.45 bits per heavy atom. The number of nitro groups is 1. The molecule has 0 aromatic heterocycles. The second-order valence-electron chi connectivity index (χ2n) is 5.49. The Bertz CT molecular complexity index is 487. The number of likely N-dealkylation sites (tertiary alicyclic amines) is 1. The topological polar surface area (TPSA) is 58.4 Å². The molecule has 1 N–H and O–H groups in total. The van der Waals surface area contributed by atoms with E-state index in [1.54, 1.807) is 0 Å². The number of nitrogens with zero attached hydrogens (tertiary/aromatic N) is 2. The van der Waals surface area contributed by atoms with E-state index in [-0.39, 0.29) is 11.7 Å². The summed E-state index contributed by atoms with van der Waals surface area (Å²) in [5.74, 6) is -0.106. The summed E-state index contributed by atoms with van der Waals surface area (Å²) >= 11 is 0. The van der Waals surface area contributed by atoms with Crippen LogP contribution >= 0.6 is 0 Å². The smallest absolute Gasteiger partial charge is 0.295 e. The lowest BCUT2D eigenvalue weighted by molar-refractivity contribution is -0.384. The zero-order valence-electron chi connectivity index (χ0n) is 11.8. The van der Waals surface area contributed by atoms with Crippen LogP contribution in [0.15, 0.2) is 18.2 Å². The maximum atomic E-state index is 13.1. The number of nitrogens with one attached hydrogen (secondary N) is 1. The monoisotopic (exact) mass is 281 g/mol. The minimum atomic E-state index is -0.589. The van der Waals surface area contributed by atoms with Crippen LogP contribution in [0.25, 0.3) is 0 Å². The standard InChI is InChI=1S/C14H20FN3O2/c1-10(11-5-7-17(2)8-6-11)16-13-4-3-12(15)9-14(13)18(19)20/h3-4,9-11,16H,5-8H2,1-2H3. The van der Waals surface area contributed by atoms with Gasteiger partial charge in [-0.25, -0.2) is 4.39 Å². The Morgan fingerprint density at radius 3 is 2.70 bits per heavy atom. The number of anilines is 1. The second-order valence-corrected chi connectivity index (χ2v) is 5.49. The minimum absolute atomic E-state index is 0.132. The first-order valence-corrected chi connectivity index (χ1v) is 6.86. The predicted octanol–water partition coefficient (Wildman–Crippen LogP) is 2.88. The van der Waals surface area contributed by atoms with E-state index in [2.05, 4.69) is 17.3 Å². The van der Waals surface area contributed by atoms with Gasteiger partial charge in [-0.05, 0) is 58.0 Å². The minimum Gasteiger partial charge on any atom is -0.377 e. The quantitative estimate of drug-likeness (QED) is 0.681. The van der Waals surface area contributed by atoms with Crippen LogP contribution < -0.4 is 5.32 Å². The largest absolute Gasteiger partial charge is 0.377 e. The molecule has 1 aliphatic heterocycles. The Kier molecular flexibility index (Phi) is 4.54. The van der Waals surface area contributed by atoms with Crippen molar-refractivity contribution in [2.75, 3.05) is 25.5 Å². The SMILES string of the molecule is CC(Nc1ccc(F)cc1[N+](=O)[O-])C1CCN(C)CC1. The molecule has 5 nitrogen and oxygen atoms in total. The third-order valence-corrected chi connectivity index (χ3v) is 4.01. The van der Waals surface area contributed by atoms with Gasteiger partial charge in [0.1, 0.15) is 11.5 Å². The van der Waals surface area contributed by atoms with Crippen molar-refractivity contribution < 1.29 is 9.31 Å². The van der Waals surface area contributed by atoms with Crippen molar-refractivity contribution in [3.05, 3.63) is 34.1 Å². The van der Waals surface area contributed by atoms with E-state index < -0.39 is 10.7 Å². The van der Waals surface area contributed by atoms with Crippen LogP contribution in [-0.2, 0) is 0 Å². The molecule has 1 heterocycles. The lowest BCUT2D eigenvalue weighted by Crippen LogP contribution is -2.37. The molecule has 1 aliphatic rings. The summed E-state index contributed by atoms with van der Waals surface area (Å²) in [5.41, 5.74) is 0.188. The third kappa shape index (κ3) is 3.45. The van der Waals surface area contributed by atoms with E-state index >= 15 is 0 Å². The van der Waals surface area contributed by atoms with Crippen LogP contribution in [0.1, 0.15) is 19.8 Å². The lowest BCUT2D eigenvalue weighted by Gasteiger charge is -2.33. The van der Waals surface area contributed by atoms with Gasteiger partial charge in [-0.2, -0.15) is 0 Å². The van der Waals surface area contributed by atoms with E-state index in [1.807, 2.05) is 6.92 Å². The summed E-state index contributed by atoms with van der Waals surface area (Å²) < 4.78 is 13.1. The van der Waals surface area contributed by atoms with Crippen molar-refractivity contribution in [3.63, 3.8) is 0 Å². The van der Waals surface area contributed by atoms with Crippen LogP contribution in [0.5, 0.6) is 0 Å². The molecule has 6 heteroatoms. The van der Waals surface area contributed by atoms with Crippen molar-refractivity contribution >= 4 is 11.4 Å². The molecule has 1 saturated heterocycles. The summed E-state index contributed by atoms with van der Waals surface area (Å²) in [7, 11) is 2.10. The zero-order chi connectivity index (χ0) is 14.7. The summed E-state index contributed by atoms with van der Waals surface area (Å²) in [4.78, 5) is 12.7. The van der Waals surface area contributed by atoms with Crippen LogP contribution in [0.2, 0.25) is 0 Å². The van der Waals surface area contributed by atoms with E-state index in [9.17, 15) is 14.5 Å². The highest BCUT2D eigenvalue weighted by molar-refractivity contribution is 5.61. The van der Waals surface area contributed by atoms with Gasteiger partial charge in [0.15, 0.2) is 0 Å². The molecule has 1 aromatic carbocycles. The molecule has 1 atom stereocenters. The first kappa shape index (κ1) is 14.7. The van der Waals surface area contributed by atoms with Crippen LogP contribution in [-0.4, -0.2) is 36.0 Å². The number of hydrogen-bond donors (Lipinski definition) is 1. The Morgan fingerprint density at radius 2 is 2.10 bits per heavy atom. The van der Waals surface area contributed by atoms with Crippen LogP contribution in [0.3, 0.4) is 0 Å². The van der Waals surface area contributed by atoms with Crippen molar-refractivity contribution in [2.24, 2.45) is 5.92 Å². The summed E-state index contributed by atoms with van der Waals surface area (Å²) in [6.45, 7) is 4.12. The van der Waals surface area contributed by atoms with E-state index in [0.29, 0.717) is 11.6 Å². The highest BCUT2D eigenvalue weighted by Gasteiger charge is 2.24. The first-order chi connectivity index (χ1) is 9.47. The Labute approximate surface area is 117 Å². The van der Waals surface area contributed by atoms with E-state index in [4.69, 9.17) is 0 Å². The maximum Gasteiger partial charge on any atom is 0.295 e. The van der Waals surface area contributed by atoms with Gasteiger partial charge in [0.25, 0.3) is 5.69 Å². The second kappa shape index (κ2) is 6.17. The fourth-order valence-electron chi connectivity index (χ4n) is 2.67. The van der Waals surface area contributed by atoms with Crippen LogP contribution in [0, 0.1) is 21.8 Å². The molecule has 20 heavy (non-hydrogen) atoms. The van der Waals surface area contributed by atoms with Gasteiger partial charge in [-0.15, -0.1) is 0 Å². The van der Waals surface area contributed by atoms with Crippen molar-refractivity contribution in [1.82, 2.24) is 4.90 Å². The van der Waals surface area contributed by atoms with Gasteiger partial charge in [0, 0.05) is 6.04 Å². The molecule has 0 aliphatic carbocycles. The predicted molar refractivity (Wildman–Crippen MR) is 76.4 cm³/mol. The molecular formula is C14H20FN3O2. The zero-order valence-corrected chi connectivity index (χ0v) is 11.8. The Balaban J connectivity index is 2.07. The third-order valence-electron chi connectivity index (χ3n) is 4.01. The van der Waals surface area contributed by atoms with Gasteiger partial charge in [-0.1, -0.05) is 0 Å². The van der Waals surface area contributed by atoms with Crippen molar-refractivity contribution in [3.8, 4) is 0 Å². The number of hydrogen-bond acceptors (Lipinski definition) is 4. The summed E-state index contributed by atoms with van der Waals surface area (Å²) in [5, 5.41) is 14.1. The number of piperidine rings is 1. The first-order valence-electron chi connectivity index (χ1n) is 6.86. The molecule has 0 saturated carbocycles. The molecule has 0 amide bonds. The molecule has 0 spiro atoms. The van der Waals surface area contributed by atoms with Crippen molar-refractivity contribution in [1.29, 1.82) is 0 Å². The molecule has 110 valence electrons. The fraction of sp³-hybridized carbons (Fsp3) is 0.571. The maximum absolute atomic E-state index is 13.1. The number of halogens is 1. The molecule has 1 unspecified atom stereocenters. The molecule has 1 fully saturated rings. The molecule has 0 radical (unpaired) electrons. The Hall–Kier alpha value is -1.69. The normalized spacial score (nSPS) is 18.8. The van der Waals surface area contributed by atoms with Gasteiger partial charge < -0.3 is 10.2 Å². The summed E-state index contributed by atoms with van der Waals surface area (Å²) in [6, 6.07) is 3.78. The highest BCUT2D eigenvalue weighted by atomic mass is 19.1. The van der Waals surface area contributed by atoms with Gasteiger partial charge >= 0.3 is 0 Å². The van der Waals surface area contributed by atoms with Gasteiger partial charge in [0.2, 0.25) is 0 Å². The fourth-order valence-corrected chi connectivity index (χ4v) is 2.67. The molecular weight excluding hydrogens is 261 g/mol.